The quantitative estimate of drug-likeness (QED) is 0.450. The van der Waals surface area contributed by atoms with Gasteiger partial charge in [-0.25, -0.2) is 9.98 Å². The third-order valence-corrected chi connectivity index (χ3v) is 4.44. The normalized spacial score (nSPS) is 11.3. The number of aryl methyl sites for hydroxylation is 1. The van der Waals surface area contributed by atoms with E-state index in [1.165, 1.54) is 5.56 Å². The molecule has 3 aromatic rings. The maximum Gasteiger partial charge on any atom is 0.216 e. The summed E-state index contributed by atoms with van der Waals surface area (Å²) in [5.41, 5.74) is 9.24. The summed E-state index contributed by atoms with van der Waals surface area (Å²) in [5.74, 6) is 3.00. The Hall–Kier alpha value is -3.48. The average Bonchev–Trinajstić information content (AvgIpc) is 3.21. The van der Waals surface area contributed by atoms with Crippen molar-refractivity contribution in [1.82, 2.24) is 10.3 Å². The molecule has 0 saturated heterocycles. The van der Waals surface area contributed by atoms with Crippen LogP contribution in [0.3, 0.4) is 0 Å². The van der Waals surface area contributed by atoms with Crippen molar-refractivity contribution in [1.29, 1.82) is 0 Å². The van der Waals surface area contributed by atoms with Gasteiger partial charge in [0.1, 0.15) is 6.54 Å². The van der Waals surface area contributed by atoms with Crippen LogP contribution in [0.15, 0.2) is 58.1 Å². The first kappa shape index (κ1) is 20.3. The standard InChI is InChI=1S/C22H26N4O3/c1-15-4-7-17(8-5-15)20-13-25-21(29-20)14-26-22(23)24-11-10-16-6-9-18(27-2)19(12-16)28-3/h4-9,12-13H,10-11,14H2,1-3H3,(H3,23,24,26). The highest BCUT2D eigenvalue weighted by Gasteiger charge is 2.07. The third-order valence-electron chi connectivity index (χ3n) is 4.44. The van der Waals surface area contributed by atoms with Gasteiger partial charge in [-0.1, -0.05) is 35.9 Å². The van der Waals surface area contributed by atoms with Crippen LogP contribution in [0.1, 0.15) is 17.0 Å². The Morgan fingerprint density at radius 2 is 1.86 bits per heavy atom. The number of hydrogen-bond donors (Lipinski definition) is 2. The smallest absolute Gasteiger partial charge is 0.216 e. The van der Waals surface area contributed by atoms with Crippen molar-refractivity contribution < 1.29 is 13.9 Å². The molecule has 0 radical (unpaired) electrons. The van der Waals surface area contributed by atoms with Gasteiger partial charge in [0.2, 0.25) is 5.89 Å². The Morgan fingerprint density at radius 3 is 2.59 bits per heavy atom. The summed E-state index contributed by atoms with van der Waals surface area (Å²) < 4.78 is 16.3. The molecule has 0 aliphatic heterocycles. The van der Waals surface area contributed by atoms with Gasteiger partial charge in [0.15, 0.2) is 23.2 Å². The number of aromatic nitrogens is 1. The van der Waals surface area contributed by atoms with E-state index in [1.54, 1.807) is 20.4 Å². The van der Waals surface area contributed by atoms with Crippen molar-refractivity contribution >= 4 is 5.96 Å². The number of ether oxygens (including phenoxy) is 2. The minimum Gasteiger partial charge on any atom is -0.493 e. The molecule has 0 amide bonds. The number of methoxy groups -OCH3 is 2. The van der Waals surface area contributed by atoms with E-state index in [1.807, 2.05) is 49.4 Å². The Balaban J connectivity index is 1.50. The summed E-state index contributed by atoms with van der Waals surface area (Å²) in [4.78, 5) is 8.56. The average molecular weight is 394 g/mol. The molecule has 0 unspecified atom stereocenters. The first-order valence-electron chi connectivity index (χ1n) is 9.35. The van der Waals surface area contributed by atoms with Crippen LogP contribution in [0, 0.1) is 6.92 Å². The molecule has 0 bridgehead atoms. The van der Waals surface area contributed by atoms with Gasteiger partial charge in [0.25, 0.3) is 0 Å². The van der Waals surface area contributed by atoms with Crippen molar-refractivity contribution in [3.63, 3.8) is 0 Å². The molecule has 7 heteroatoms. The van der Waals surface area contributed by atoms with E-state index >= 15 is 0 Å². The van der Waals surface area contributed by atoms with Gasteiger partial charge in [0.05, 0.1) is 20.4 Å². The van der Waals surface area contributed by atoms with Crippen LogP contribution < -0.4 is 20.5 Å². The second-order valence-electron chi connectivity index (χ2n) is 6.55. The molecule has 0 aliphatic rings. The van der Waals surface area contributed by atoms with Crippen LogP contribution in [-0.2, 0) is 13.0 Å². The monoisotopic (exact) mass is 394 g/mol. The summed E-state index contributed by atoms with van der Waals surface area (Å²) in [5, 5.41) is 3.10. The summed E-state index contributed by atoms with van der Waals surface area (Å²) in [6.45, 7) is 2.97. The molecule has 152 valence electrons. The lowest BCUT2D eigenvalue weighted by atomic mass is 10.1. The molecule has 7 nitrogen and oxygen atoms in total. The molecule has 1 heterocycles. The lowest BCUT2D eigenvalue weighted by Gasteiger charge is -2.10. The van der Waals surface area contributed by atoms with Gasteiger partial charge in [-0.15, -0.1) is 0 Å². The number of nitrogens with zero attached hydrogens (tertiary/aromatic N) is 2. The number of nitrogens with one attached hydrogen (secondary N) is 1. The maximum atomic E-state index is 5.95. The van der Waals surface area contributed by atoms with Crippen LogP contribution in [0.5, 0.6) is 11.5 Å². The third kappa shape index (κ3) is 5.51. The zero-order valence-corrected chi connectivity index (χ0v) is 16.9. The van der Waals surface area contributed by atoms with Crippen molar-refractivity contribution in [3.05, 3.63) is 65.7 Å². The summed E-state index contributed by atoms with van der Waals surface area (Å²) in [6, 6.07) is 13.9. The first-order chi connectivity index (χ1) is 14.1. The van der Waals surface area contributed by atoms with E-state index in [9.17, 15) is 0 Å². The van der Waals surface area contributed by atoms with Crippen molar-refractivity contribution in [2.24, 2.45) is 10.7 Å². The molecule has 0 fully saturated rings. The summed E-state index contributed by atoms with van der Waals surface area (Å²) in [7, 11) is 3.24. The Morgan fingerprint density at radius 1 is 1.10 bits per heavy atom. The van der Waals surface area contributed by atoms with Gasteiger partial charge in [0, 0.05) is 12.1 Å². The lowest BCUT2D eigenvalue weighted by molar-refractivity contribution is 0.354. The zero-order chi connectivity index (χ0) is 20.6. The topological polar surface area (TPSA) is 94.9 Å². The lowest BCUT2D eigenvalue weighted by Crippen LogP contribution is -2.33. The molecule has 1 aromatic heterocycles. The van der Waals surface area contributed by atoms with Crippen LogP contribution >= 0.6 is 0 Å². The molecule has 0 saturated carbocycles. The van der Waals surface area contributed by atoms with Crippen LogP contribution in [0.25, 0.3) is 11.3 Å². The highest BCUT2D eigenvalue weighted by atomic mass is 16.5. The minimum absolute atomic E-state index is 0.279. The highest BCUT2D eigenvalue weighted by Crippen LogP contribution is 2.27. The van der Waals surface area contributed by atoms with E-state index < -0.39 is 0 Å². The molecular weight excluding hydrogens is 368 g/mol. The van der Waals surface area contributed by atoms with Crippen molar-refractivity contribution in [2.45, 2.75) is 19.9 Å². The van der Waals surface area contributed by atoms with Crippen molar-refractivity contribution in [3.8, 4) is 22.8 Å². The summed E-state index contributed by atoms with van der Waals surface area (Å²) in [6.07, 6.45) is 2.48. The van der Waals surface area contributed by atoms with E-state index in [2.05, 4.69) is 15.3 Å². The molecule has 29 heavy (non-hydrogen) atoms. The largest absolute Gasteiger partial charge is 0.493 e. The molecule has 0 aliphatic carbocycles. The van der Waals surface area contributed by atoms with Gasteiger partial charge < -0.3 is 24.9 Å². The highest BCUT2D eigenvalue weighted by molar-refractivity contribution is 5.77. The number of rotatable bonds is 8. The van der Waals surface area contributed by atoms with Gasteiger partial charge in [-0.3, -0.25) is 0 Å². The van der Waals surface area contributed by atoms with E-state index in [-0.39, 0.29) is 6.54 Å². The fraction of sp³-hybridized carbons (Fsp3) is 0.273. The molecule has 0 atom stereocenters. The Bertz CT molecular complexity index is 964. The minimum atomic E-state index is 0.279. The van der Waals surface area contributed by atoms with Crippen LogP contribution in [-0.4, -0.2) is 31.7 Å². The Labute approximate surface area is 170 Å². The maximum absolute atomic E-state index is 5.95. The number of hydrogen-bond acceptors (Lipinski definition) is 5. The second kappa shape index (κ2) is 9.64. The predicted molar refractivity (Wildman–Crippen MR) is 113 cm³/mol. The number of benzene rings is 2. The number of guanidine groups is 1. The number of oxazole rings is 1. The SMILES string of the molecule is COc1ccc(CCNC(N)=NCc2ncc(-c3ccc(C)cc3)o2)cc1OC. The molecule has 3 N–H and O–H groups in total. The van der Waals surface area contributed by atoms with Gasteiger partial charge in [-0.2, -0.15) is 0 Å². The van der Waals surface area contributed by atoms with Gasteiger partial charge in [-0.05, 0) is 31.0 Å². The van der Waals surface area contributed by atoms with Crippen molar-refractivity contribution in [2.75, 3.05) is 20.8 Å². The fourth-order valence-electron chi connectivity index (χ4n) is 2.81. The fourth-order valence-corrected chi connectivity index (χ4v) is 2.81. The molecule has 0 spiro atoms. The number of aliphatic imine (C=N–C) groups is 1. The van der Waals surface area contributed by atoms with E-state index in [0.717, 1.165) is 23.3 Å². The predicted octanol–water partition coefficient (Wildman–Crippen LogP) is 3.31. The molecule has 2 aromatic carbocycles. The molecular formula is C22H26N4O3. The number of nitrogens with two attached hydrogens (primary N) is 1. The first-order valence-corrected chi connectivity index (χ1v) is 9.35. The van der Waals surface area contributed by atoms with E-state index in [4.69, 9.17) is 19.6 Å². The van der Waals surface area contributed by atoms with E-state index in [0.29, 0.717) is 29.9 Å². The second-order valence-corrected chi connectivity index (χ2v) is 6.55. The molecule has 3 rings (SSSR count). The van der Waals surface area contributed by atoms with Gasteiger partial charge >= 0.3 is 0 Å². The van der Waals surface area contributed by atoms with Crippen LogP contribution in [0.2, 0.25) is 0 Å². The van der Waals surface area contributed by atoms with Crippen LogP contribution in [0.4, 0.5) is 0 Å². The summed E-state index contributed by atoms with van der Waals surface area (Å²) >= 11 is 0. The Kier molecular flexibility index (Phi) is 6.73. The zero-order valence-electron chi connectivity index (χ0n) is 16.9.